The molecule has 0 aromatic heterocycles. The molecule has 0 N–H and O–H groups in total. The van der Waals surface area contributed by atoms with Crippen molar-refractivity contribution in [3.63, 3.8) is 0 Å². The average Bonchev–Trinajstić information content (AvgIpc) is 3.20. The zero-order chi connectivity index (χ0) is 37.4. The third kappa shape index (κ3) is 4.37. The first-order valence-electron chi connectivity index (χ1n) is 19.7. The summed E-state index contributed by atoms with van der Waals surface area (Å²) in [5, 5.41) is 5.03. The first kappa shape index (κ1) is 32.3. The number of benzene rings is 8. The van der Waals surface area contributed by atoms with E-state index in [9.17, 15) is 0 Å². The molecule has 0 fully saturated rings. The summed E-state index contributed by atoms with van der Waals surface area (Å²) in [6.45, 7) is 14.7. The number of fused-ring (bicyclic) bond motifs is 2. The summed E-state index contributed by atoms with van der Waals surface area (Å²) >= 11 is 0. The van der Waals surface area contributed by atoms with Crippen LogP contribution in [0.25, 0.3) is 32.7 Å². The smallest absolute Gasteiger partial charge is 0.0545 e. The van der Waals surface area contributed by atoms with Crippen LogP contribution in [0.2, 0.25) is 0 Å². The van der Waals surface area contributed by atoms with Crippen LogP contribution in [-0.4, -0.2) is 0 Å². The Kier molecular flexibility index (Phi) is 6.45. The van der Waals surface area contributed by atoms with Gasteiger partial charge in [-0.05, 0) is 121 Å². The molecule has 2 nitrogen and oxygen atoms in total. The van der Waals surface area contributed by atoms with E-state index in [1.54, 1.807) is 0 Å². The molecule has 0 amide bonds. The minimum atomic E-state index is -0.296. The highest BCUT2D eigenvalue weighted by atomic mass is 15.2. The highest BCUT2D eigenvalue weighted by molar-refractivity contribution is 6.01. The van der Waals surface area contributed by atoms with Gasteiger partial charge in [-0.25, -0.2) is 0 Å². The molecule has 0 saturated carbocycles. The molecule has 0 spiro atoms. The second kappa shape index (κ2) is 11.0. The third-order valence-corrected chi connectivity index (χ3v) is 13.3. The Balaban J connectivity index is 1.22. The van der Waals surface area contributed by atoms with E-state index in [1.807, 2.05) is 0 Å². The standard InChI is InChI=1S/C53H44N2/c1-51(2)42-21-14-22-43-48(42)55-49-44(51)29-38(37-24-23-33-15-10-12-17-35(33)27-37)30-45(49)53(5,6)47-32-41(31-46(50(47)55)52(43,3)4)54(39-19-8-7-9-20-39)40-26-25-34-16-11-13-18-36(34)28-40/h7-32H,1-6H3. The van der Waals surface area contributed by atoms with Crippen LogP contribution in [0.15, 0.2) is 158 Å². The molecule has 55 heavy (non-hydrogen) atoms. The van der Waals surface area contributed by atoms with E-state index in [0.717, 1.165) is 11.4 Å². The third-order valence-electron chi connectivity index (χ3n) is 13.3. The summed E-state index contributed by atoms with van der Waals surface area (Å²) in [5.41, 5.74) is 17.7. The predicted molar refractivity (Wildman–Crippen MR) is 233 cm³/mol. The molecule has 8 aromatic carbocycles. The van der Waals surface area contributed by atoms with Crippen molar-refractivity contribution in [3.05, 3.63) is 191 Å². The molecule has 3 aliphatic heterocycles. The van der Waals surface area contributed by atoms with Gasteiger partial charge in [0.2, 0.25) is 0 Å². The lowest BCUT2D eigenvalue weighted by Gasteiger charge is -2.55. The minimum absolute atomic E-state index is 0.194. The topological polar surface area (TPSA) is 6.48 Å². The first-order valence-corrected chi connectivity index (χ1v) is 19.7. The van der Waals surface area contributed by atoms with Crippen LogP contribution in [0, 0.1) is 0 Å². The Labute approximate surface area is 324 Å². The second-order valence-electron chi connectivity index (χ2n) is 17.5. The number of nitrogens with zero attached hydrogens (tertiary/aromatic N) is 2. The maximum Gasteiger partial charge on any atom is 0.0545 e. The lowest BCUT2D eigenvalue weighted by molar-refractivity contribution is 0.567. The maximum absolute atomic E-state index is 2.68. The van der Waals surface area contributed by atoms with Crippen LogP contribution < -0.4 is 9.80 Å². The Bertz CT molecular complexity index is 2910. The second-order valence-corrected chi connectivity index (χ2v) is 17.5. The van der Waals surface area contributed by atoms with Gasteiger partial charge in [0.15, 0.2) is 0 Å². The Morgan fingerprint density at radius 2 is 0.800 bits per heavy atom. The number of anilines is 6. The summed E-state index contributed by atoms with van der Waals surface area (Å²) in [7, 11) is 0. The summed E-state index contributed by atoms with van der Waals surface area (Å²) < 4.78 is 0. The van der Waals surface area contributed by atoms with Crippen molar-refractivity contribution in [2.24, 2.45) is 0 Å². The lowest BCUT2D eigenvalue weighted by Crippen LogP contribution is -2.43. The lowest BCUT2D eigenvalue weighted by atomic mass is 9.60. The van der Waals surface area contributed by atoms with E-state index in [2.05, 4.69) is 209 Å². The SMILES string of the molecule is CC1(C)c2cccc3c2N2c4c1cc(-c1ccc5ccccc5c1)cc4C(C)(C)c1cc(N(c4ccccc4)c4ccc5ccccc5c4)cc(c12)C3(C)C. The van der Waals surface area contributed by atoms with Crippen LogP contribution in [0.4, 0.5) is 34.1 Å². The maximum atomic E-state index is 2.68. The molecule has 8 aromatic rings. The molecular weight excluding hydrogens is 665 g/mol. The van der Waals surface area contributed by atoms with Gasteiger partial charge >= 0.3 is 0 Å². The number of hydrogen-bond donors (Lipinski definition) is 0. The summed E-state index contributed by atoms with van der Waals surface area (Å²) in [6.07, 6.45) is 0. The van der Waals surface area contributed by atoms with Gasteiger partial charge in [0.25, 0.3) is 0 Å². The van der Waals surface area contributed by atoms with Gasteiger partial charge in [0, 0.05) is 33.3 Å². The molecule has 11 rings (SSSR count). The van der Waals surface area contributed by atoms with Gasteiger partial charge in [0.1, 0.15) is 0 Å². The van der Waals surface area contributed by atoms with Crippen molar-refractivity contribution in [3.8, 4) is 11.1 Å². The quantitative estimate of drug-likeness (QED) is 0.180. The molecule has 0 radical (unpaired) electrons. The van der Waals surface area contributed by atoms with E-state index >= 15 is 0 Å². The van der Waals surface area contributed by atoms with Gasteiger partial charge in [-0.15, -0.1) is 0 Å². The van der Waals surface area contributed by atoms with E-state index in [-0.39, 0.29) is 16.2 Å². The number of hydrogen-bond acceptors (Lipinski definition) is 2. The summed E-state index contributed by atoms with van der Waals surface area (Å²) in [5.74, 6) is 0. The number of para-hydroxylation sites is 2. The van der Waals surface area contributed by atoms with E-state index in [4.69, 9.17) is 0 Å². The van der Waals surface area contributed by atoms with Crippen LogP contribution >= 0.6 is 0 Å². The minimum Gasteiger partial charge on any atom is -0.310 e. The van der Waals surface area contributed by atoms with Crippen molar-refractivity contribution in [2.45, 2.75) is 57.8 Å². The molecular formula is C53H44N2. The van der Waals surface area contributed by atoms with Gasteiger partial charge in [-0.3, -0.25) is 0 Å². The van der Waals surface area contributed by atoms with Crippen molar-refractivity contribution >= 4 is 55.7 Å². The van der Waals surface area contributed by atoms with Crippen molar-refractivity contribution in [2.75, 3.05) is 9.80 Å². The molecule has 0 aliphatic carbocycles. The summed E-state index contributed by atoms with van der Waals surface area (Å²) in [6, 6.07) is 59.2. The Morgan fingerprint density at radius 1 is 0.327 bits per heavy atom. The molecule has 0 saturated heterocycles. The van der Waals surface area contributed by atoms with Crippen LogP contribution in [0.5, 0.6) is 0 Å². The van der Waals surface area contributed by atoms with E-state index < -0.39 is 0 Å². The normalized spacial score (nSPS) is 16.2. The summed E-state index contributed by atoms with van der Waals surface area (Å²) in [4.78, 5) is 5.14. The van der Waals surface area contributed by atoms with E-state index in [0.29, 0.717) is 0 Å². The molecule has 3 aliphatic rings. The highest BCUT2D eigenvalue weighted by Crippen LogP contribution is 2.67. The van der Waals surface area contributed by atoms with Gasteiger partial charge < -0.3 is 9.80 Å². The zero-order valence-electron chi connectivity index (χ0n) is 32.4. The van der Waals surface area contributed by atoms with Gasteiger partial charge in [-0.2, -0.15) is 0 Å². The molecule has 0 atom stereocenters. The van der Waals surface area contributed by atoms with Crippen LogP contribution in [0.3, 0.4) is 0 Å². The van der Waals surface area contributed by atoms with Crippen LogP contribution in [0.1, 0.15) is 74.9 Å². The van der Waals surface area contributed by atoms with Crippen molar-refractivity contribution in [1.82, 2.24) is 0 Å². The van der Waals surface area contributed by atoms with Gasteiger partial charge in [0.05, 0.1) is 17.1 Å². The fourth-order valence-electron chi connectivity index (χ4n) is 10.2. The molecule has 0 unspecified atom stereocenters. The van der Waals surface area contributed by atoms with Crippen LogP contribution in [-0.2, 0) is 16.2 Å². The van der Waals surface area contributed by atoms with E-state index in [1.165, 1.54) is 88.8 Å². The number of rotatable bonds is 4. The fourth-order valence-corrected chi connectivity index (χ4v) is 10.2. The molecule has 266 valence electrons. The van der Waals surface area contributed by atoms with Crippen molar-refractivity contribution in [1.29, 1.82) is 0 Å². The monoisotopic (exact) mass is 708 g/mol. The predicted octanol–water partition coefficient (Wildman–Crippen LogP) is 14.5. The van der Waals surface area contributed by atoms with Gasteiger partial charge in [-0.1, -0.05) is 145 Å². The largest absolute Gasteiger partial charge is 0.310 e. The average molecular weight is 709 g/mol. The molecule has 3 heterocycles. The molecule has 0 bridgehead atoms. The molecule has 2 heteroatoms. The highest BCUT2D eigenvalue weighted by Gasteiger charge is 2.52. The first-order chi connectivity index (χ1) is 26.5. The zero-order valence-corrected chi connectivity index (χ0v) is 32.4. The Hall–Kier alpha value is -6.12. The Morgan fingerprint density at radius 3 is 1.40 bits per heavy atom. The van der Waals surface area contributed by atoms with Crippen molar-refractivity contribution < 1.29 is 0 Å². The fraction of sp³-hybridized carbons (Fsp3) is 0.170.